The average Bonchev–Trinajstić information content (AvgIpc) is 3.06. The van der Waals surface area contributed by atoms with E-state index in [1.165, 1.54) is 37.6 Å². The van der Waals surface area contributed by atoms with E-state index < -0.39 is 10.8 Å². The highest BCUT2D eigenvalue weighted by atomic mass is 16.6. The molecule has 1 aromatic heterocycles. The van der Waals surface area contributed by atoms with Gasteiger partial charge in [0.2, 0.25) is 0 Å². The van der Waals surface area contributed by atoms with Gasteiger partial charge in [-0.3, -0.25) is 14.9 Å². The Balaban J connectivity index is 1.76. The zero-order chi connectivity index (χ0) is 18.7. The van der Waals surface area contributed by atoms with Crippen molar-refractivity contribution in [2.45, 2.75) is 0 Å². The molecule has 0 aliphatic rings. The van der Waals surface area contributed by atoms with Crippen LogP contribution in [0.3, 0.4) is 0 Å². The van der Waals surface area contributed by atoms with Crippen LogP contribution in [0, 0.1) is 10.1 Å². The van der Waals surface area contributed by atoms with E-state index >= 15 is 0 Å². The van der Waals surface area contributed by atoms with Crippen LogP contribution in [-0.4, -0.2) is 29.3 Å². The number of nitrogens with zero attached hydrogens (tertiary/aromatic N) is 2. The van der Waals surface area contributed by atoms with E-state index in [0.29, 0.717) is 16.5 Å². The maximum atomic E-state index is 12.1. The van der Waals surface area contributed by atoms with E-state index in [1.54, 1.807) is 18.2 Å². The number of amides is 1. The van der Waals surface area contributed by atoms with Crippen molar-refractivity contribution in [2.24, 2.45) is 5.10 Å². The number of phenolic OH excluding ortho intramolecular Hbond substituents is 1. The van der Waals surface area contributed by atoms with E-state index in [1.807, 2.05) is 0 Å². The van der Waals surface area contributed by atoms with E-state index in [4.69, 9.17) is 9.15 Å². The summed E-state index contributed by atoms with van der Waals surface area (Å²) in [6.07, 6.45) is 1.25. The first-order valence-electron chi connectivity index (χ1n) is 7.37. The Kier molecular flexibility index (Phi) is 4.52. The van der Waals surface area contributed by atoms with Crippen LogP contribution < -0.4 is 10.2 Å². The highest BCUT2D eigenvalue weighted by Crippen LogP contribution is 2.28. The van der Waals surface area contributed by atoms with Crippen molar-refractivity contribution in [3.8, 4) is 11.5 Å². The van der Waals surface area contributed by atoms with Gasteiger partial charge in [0.15, 0.2) is 17.3 Å². The van der Waals surface area contributed by atoms with Gasteiger partial charge in [-0.05, 0) is 24.3 Å². The molecule has 1 amide bonds. The summed E-state index contributed by atoms with van der Waals surface area (Å²) in [5, 5.41) is 24.9. The first-order valence-corrected chi connectivity index (χ1v) is 7.37. The van der Waals surface area contributed by atoms with Crippen molar-refractivity contribution in [3.63, 3.8) is 0 Å². The van der Waals surface area contributed by atoms with Gasteiger partial charge in [0, 0.05) is 23.1 Å². The molecule has 0 unspecified atom stereocenters. The van der Waals surface area contributed by atoms with Gasteiger partial charge in [-0.25, -0.2) is 5.43 Å². The molecule has 1 heterocycles. The first-order chi connectivity index (χ1) is 12.5. The van der Waals surface area contributed by atoms with Gasteiger partial charge in [0.25, 0.3) is 5.69 Å². The molecule has 2 N–H and O–H groups in total. The Hall–Kier alpha value is -3.88. The van der Waals surface area contributed by atoms with E-state index in [-0.39, 0.29) is 22.9 Å². The number of nitro benzene ring substituents is 1. The number of nitrogens with one attached hydrogen (secondary N) is 1. The van der Waals surface area contributed by atoms with Crippen LogP contribution in [0.25, 0.3) is 11.0 Å². The predicted molar refractivity (Wildman–Crippen MR) is 92.6 cm³/mol. The average molecular weight is 355 g/mol. The molecule has 0 aliphatic heterocycles. The quantitative estimate of drug-likeness (QED) is 0.411. The number of furan rings is 1. The number of hydrogen-bond donors (Lipinski definition) is 2. The number of hydrazone groups is 1. The zero-order valence-electron chi connectivity index (χ0n) is 13.5. The summed E-state index contributed by atoms with van der Waals surface area (Å²) in [6, 6.07) is 10.2. The third-order valence-electron chi connectivity index (χ3n) is 3.55. The van der Waals surface area contributed by atoms with Crippen molar-refractivity contribution in [3.05, 3.63) is 63.9 Å². The van der Waals surface area contributed by atoms with Crippen molar-refractivity contribution >= 4 is 28.8 Å². The number of phenols is 1. The molecule has 0 atom stereocenters. The number of nitro groups is 1. The normalized spacial score (nSPS) is 11.0. The minimum Gasteiger partial charge on any atom is -0.504 e. The third-order valence-corrected chi connectivity index (χ3v) is 3.55. The van der Waals surface area contributed by atoms with Gasteiger partial charge >= 0.3 is 5.91 Å². The minimum absolute atomic E-state index is 0.0486. The second kappa shape index (κ2) is 6.93. The van der Waals surface area contributed by atoms with Crippen LogP contribution >= 0.6 is 0 Å². The van der Waals surface area contributed by atoms with Gasteiger partial charge in [0.1, 0.15) is 5.58 Å². The molecule has 132 valence electrons. The summed E-state index contributed by atoms with van der Waals surface area (Å²) in [7, 11) is 1.42. The summed E-state index contributed by atoms with van der Waals surface area (Å²) in [4.78, 5) is 22.3. The highest BCUT2D eigenvalue weighted by Gasteiger charge is 2.14. The standard InChI is InChI=1S/C17H13N3O6/c1-25-14-4-2-3-10(16(14)21)9-18-19-17(22)15-8-11-7-12(20(23)24)5-6-13(11)26-15/h2-9,21H,1H3,(H,19,22)/b18-9+. The number of rotatable bonds is 5. The van der Waals surface area contributed by atoms with Gasteiger partial charge in [-0.2, -0.15) is 5.10 Å². The molecule has 0 spiro atoms. The van der Waals surface area contributed by atoms with Crippen molar-refractivity contribution < 1.29 is 24.0 Å². The van der Waals surface area contributed by atoms with Gasteiger partial charge in [-0.1, -0.05) is 6.07 Å². The number of benzene rings is 2. The summed E-state index contributed by atoms with van der Waals surface area (Å²) in [6.45, 7) is 0. The molecule has 9 nitrogen and oxygen atoms in total. The lowest BCUT2D eigenvalue weighted by Gasteiger charge is -2.04. The molecule has 9 heteroatoms. The van der Waals surface area contributed by atoms with E-state index in [9.17, 15) is 20.0 Å². The number of hydrogen-bond acceptors (Lipinski definition) is 7. The van der Waals surface area contributed by atoms with Crippen molar-refractivity contribution in [1.82, 2.24) is 5.43 Å². The molecule has 0 radical (unpaired) electrons. The topological polar surface area (TPSA) is 127 Å². The first kappa shape index (κ1) is 17.0. The maximum absolute atomic E-state index is 12.1. The summed E-state index contributed by atoms with van der Waals surface area (Å²) in [5.41, 5.74) is 2.86. The fourth-order valence-electron chi connectivity index (χ4n) is 2.28. The molecule has 0 saturated carbocycles. The number of para-hydroxylation sites is 1. The Morgan fingerprint density at radius 3 is 2.88 bits per heavy atom. The number of carbonyl (C=O) groups is 1. The fraction of sp³-hybridized carbons (Fsp3) is 0.0588. The Labute approximate surface area is 146 Å². The van der Waals surface area contributed by atoms with E-state index in [2.05, 4.69) is 10.5 Å². The summed E-state index contributed by atoms with van der Waals surface area (Å²) < 4.78 is 10.3. The van der Waals surface area contributed by atoms with Crippen LogP contribution in [0.15, 0.2) is 52.0 Å². The van der Waals surface area contributed by atoms with Crippen LogP contribution in [0.2, 0.25) is 0 Å². The molecule has 2 aromatic carbocycles. The van der Waals surface area contributed by atoms with E-state index in [0.717, 1.165) is 0 Å². The smallest absolute Gasteiger partial charge is 0.307 e. The molecular formula is C17H13N3O6. The largest absolute Gasteiger partial charge is 0.504 e. The van der Waals surface area contributed by atoms with Gasteiger partial charge < -0.3 is 14.3 Å². The summed E-state index contributed by atoms with van der Waals surface area (Å²) >= 11 is 0. The third kappa shape index (κ3) is 3.31. The summed E-state index contributed by atoms with van der Waals surface area (Å²) in [5.74, 6) is -0.516. The number of aromatic hydroxyl groups is 1. The number of non-ortho nitro benzene ring substituents is 1. The zero-order valence-corrected chi connectivity index (χ0v) is 13.5. The Morgan fingerprint density at radius 2 is 2.15 bits per heavy atom. The van der Waals surface area contributed by atoms with Crippen LogP contribution in [0.4, 0.5) is 5.69 Å². The lowest BCUT2D eigenvalue weighted by atomic mass is 10.2. The van der Waals surface area contributed by atoms with Gasteiger partial charge in [0.05, 0.1) is 18.2 Å². The maximum Gasteiger partial charge on any atom is 0.307 e. The number of carbonyl (C=O) groups excluding carboxylic acids is 1. The lowest BCUT2D eigenvalue weighted by Crippen LogP contribution is -2.16. The molecule has 0 bridgehead atoms. The molecule has 0 saturated heterocycles. The Morgan fingerprint density at radius 1 is 1.35 bits per heavy atom. The number of methoxy groups -OCH3 is 1. The highest BCUT2D eigenvalue weighted by molar-refractivity contribution is 5.97. The van der Waals surface area contributed by atoms with Crippen LogP contribution in [0.1, 0.15) is 16.1 Å². The van der Waals surface area contributed by atoms with Crippen LogP contribution in [0.5, 0.6) is 11.5 Å². The Bertz CT molecular complexity index is 1020. The molecule has 3 aromatic rings. The number of fused-ring (bicyclic) bond motifs is 1. The van der Waals surface area contributed by atoms with Crippen molar-refractivity contribution in [1.29, 1.82) is 0 Å². The molecular weight excluding hydrogens is 342 g/mol. The van der Waals surface area contributed by atoms with Crippen LogP contribution in [-0.2, 0) is 0 Å². The number of ether oxygens (including phenoxy) is 1. The monoisotopic (exact) mass is 355 g/mol. The second-order valence-electron chi connectivity index (χ2n) is 5.19. The van der Waals surface area contributed by atoms with Gasteiger partial charge in [-0.15, -0.1) is 0 Å². The molecule has 0 aliphatic carbocycles. The lowest BCUT2D eigenvalue weighted by molar-refractivity contribution is -0.384. The predicted octanol–water partition coefficient (Wildman–Crippen LogP) is 2.82. The minimum atomic E-state index is -0.637. The molecule has 3 rings (SSSR count). The van der Waals surface area contributed by atoms with Crippen molar-refractivity contribution in [2.75, 3.05) is 7.11 Å². The fourth-order valence-corrected chi connectivity index (χ4v) is 2.28. The SMILES string of the molecule is COc1cccc(/C=N/NC(=O)c2cc3cc([N+](=O)[O-])ccc3o2)c1O. The molecule has 26 heavy (non-hydrogen) atoms. The second-order valence-corrected chi connectivity index (χ2v) is 5.19. The molecule has 0 fully saturated rings.